The van der Waals surface area contributed by atoms with Crippen LogP contribution in [0.25, 0.3) is 10.9 Å². The van der Waals surface area contributed by atoms with Gasteiger partial charge in [0.15, 0.2) is 0 Å². The molecule has 0 bridgehead atoms. The van der Waals surface area contributed by atoms with Crippen LogP contribution in [0.1, 0.15) is 17.3 Å². The summed E-state index contributed by atoms with van der Waals surface area (Å²) in [4.78, 5) is 28.5. The number of carbonyl (C=O) groups excluding carboxylic acids is 1. The Balaban J connectivity index is 2.61. The second-order valence-corrected chi connectivity index (χ2v) is 4.53. The lowest BCUT2D eigenvalue weighted by molar-refractivity contribution is -0.138. The van der Waals surface area contributed by atoms with Gasteiger partial charge in [-0.15, -0.1) is 0 Å². The third-order valence-corrected chi connectivity index (χ3v) is 3.27. The molecular formula is C14H15N3O3. The van der Waals surface area contributed by atoms with Crippen molar-refractivity contribution in [3.8, 4) is 0 Å². The lowest BCUT2D eigenvalue weighted by atomic mass is 10.1. The maximum atomic E-state index is 11.6. The summed E-state index contributed by atoms with van der Waals surface area (Å²) in [6.45, 7) is 1.54. The molecule has 2 aromatic rings. The van der Waals surface area contributed by atoms with E-state index in [1.54, 1.807) is 38.2 Å². The largest absolute Gasteiger partial charge is 0.480 e. The molecule has 104 valence electrons. The van der Waals surface area contributed by atoms with Crippen LogP contribution in [0.2, 0.25) is 0 Å². The average molecular weight is 273 g/mol. The Kier molecular flexibility index (Phi) is 3.56. The van der Waals surface area contributed by atoms with Gasteiger partial charge in [0.05, 0.1) is 11.1 Å². The molecule has 1 aromatic heterocycles. The number of amides is 1. The molecule has 2 rings (SSSR count). The Morgan fingerprint density at radius 1 is 1.35 bits per heavy atom. The van der Waals surface area contributed by atoms with Crippen molar-refractivity contribution in [3.63, 3.8) is 0 Å². The third kappa shape index (κ3) is 2.40. The van der Waals surface area contributed by atoms with E-state index in [-0.39, 0.29) is 0 Å². The van der Waals surface area contributed by atoms with Crippen LogP contribution in [0, 0.1) is 0 Å². The van der Waals surface area contributed by atoms with E-state index in [0.29, 0.717) is 22.3 Å². The number of pyridine rings is 1. The Morgan fingerprint density at radius 3 is 2.60 bits per heavy atom. The number of rotatable bonds is 4. The van der Waals surface area contributed by atoms with Crippen molar-refractivity contribution in [2.45, 2.75) is 13.0 Å². The molecule has 0 aliphatic heterocycles. The molecule has 6 heteroatoms. The van der Waals surface area contributed by atoms with Crippen LogP contribution < -0.4 is 10.6 Å². The first-order valence-electron chi connectivity index (χ1n) is 6.07. The highest BCUT2D eigenvalue weighted by atomic mass is 16.4. The van der Waals surface area contributed by atoms with Gasteiger partial charge in [0.2, 0.25) is 5.91 Å². The van der Waals surface area contributed by atoms with E-state index in [9.17, 15) is 9.59 Å². The maximum Gasteiger partial charge on any atom is 0.326 e. The average Bonchev–Trinajstić information content (AvgIpc) is 2.44. The molecule has 6 nitrogen and oxygen atoms in total. The van der Waals surface area contributed by atoms with E-state index in [0.717, 1.165) is 0 Å². The predicted octanol–water partition coefficient (Wildman–Crippen LogP) is 1.24. The molecule has 3 N–H and O–H groups in total. The molecule has 0 radical (unpaired) electrons. The minimum atomic E-state index is -0.969. The van der Waals surface area contributed by atoms with Gasteiger partial charge in [0.1, 0.15) is 11.9 Å². The first kappa shape index (κ1) is 13.8. The van der Waals surface area contributed by atoms with Gasteiger partial charge in [-0.25, -0.2) is 9.78 Å². The normalized spacial score (nSPS) is 12.1. The molecule has 1 amide bonds. The van der Waals surface area contributed by atoms with Crippen molar-refractivity contribution in [1.82, 2.24) is 4.98 Å². The lowest BCUT2D eigenvalue weighted by Crippen LogP contribution is -2.36. The number of para-hydroxylation sites is 1. The van der Waals surface area contributed by atoms with E-state index in [1.807, 2.05) is 0 Å². The van der Waals surface area contributed by atoms with Crippen molar-refractivity contribution in [2.24, 2.45) is 5.73 Å². The fourth-order valence-corrected chi connectivity index (χ4v) is 1.91. The highest BCUT2D eigenvalue weighted by Gasteiger charge is 2.20. The van der Waals surface area contributed by atoms with Crippen LogP contribution in [0.3, 0.4) is 0 Å². The van der Waals surface area contributed by atoms with E-state index in [2.05, 4.69) is 4.98 Å². The van der Waals surface area contributed by atoms with E-state index in [1.165, 1.54) is 11.0 Å². The SMILES string of the molecule is CC(C(=O)O)N(C)c1cc(C(N)=O)c2ccccc2n1. The number of benzene rings is 1. The fraction of sp³-hybridized carbons (Fsp3) is 0.214. The molecule has 20 heavy (non-hydrogen) atoms. The number of nitrogens with zero attached hydrogens (tertiary/aromatic N) is 2. The van der Waals surface area contributed by atoms with Crippen molar-refractivity contribution >= 4 is 28.6 Å². The van der Waals surface area contributed by atoms with Gasteiger partial charge in [0, 0.05) is 12.4 Å². The van der Waals surface area contributed by atoms with Gasteiger partial charge >= 0.3 is 5.97 Å². The van der Waals surface area contributed by atoms with Gasteiger partial charge in [-0.3, -0.25) is 4.79 Å². The van der Waals surface area contributed by atoms with Crippen molar-refractivity contribution in [2.75, 3.05) is 11.9 Å². The molecule has 1 heterocycles. The number of hydrogen-bond acceptors (Lipinski definition) is 4. The molecular weight excluding hydrogens is 258 g/mol. The van der Waals surface area contributed by atoms with Crippen LogP contribution in [-0.4, -0.2) is 35.1 Å². The van der Waals surface area contributed by atoms with Crippen LogP contribution in [-0.2, 0) is 4.79 Å². The van der Waals surface area contributed by atoms with Crippen molar-refractivity contribution < 1.29 is 14.7 Å². The summed E-state index contributed by atoms with van der Waals surface area (Å²) >= 11 is 0. The number of fused-ring (bicyclic) bond motifs is 1. The molecule has 0 aliphatic rings. The Hall–Kier alpha value is -2.63. The van der Waals surface area contributed by atoms with Crippen molar-refractivity contribution in [3.05, 3.63) is 35.9 Å². The lowest BCUT2D eigenvalue weighted by Gasteiger charge is -2.23. The third-order valence-electron chi connectivity index (χ3n) is 3.27. The Bertz CT molecular complexity index is 684. The molecule has 1 atom stereocenters. The monoisotopic (exact) mass is 273 g/mol. The number of carboxylic acids is 1. The van der Waals surface area contributed by atoms with E-state index < -0.39 is 17.9 Å². The van der Waals surface area contributed by atoms with E-state index in [4.69, 9.17) is 10.8 Å². The van der Waals surface area contributed by atoms with Gasteiger partial charge in [-0.05, 0) is 19.1 Å². The number of primary amides is 1. The predicted molar refractivity (Wildman–Crippen MR) is 75.8 cm³/mol. The second kappa shape index (κ2) is 5.16. The summed E-state index contributed by atoms with van der Waals surface area (Å²) < 4.78 is 0. The van der Waals surface area contributed by atoms with Crippen LogP contribution >= 0.6 is 0 Å². The minimum Gasteiger partial charge on any atom is -0.480 e. The fourth-order valence-electron chi connectivity index (χ4n) is 1.91. The number of hydrogen-bond donors (Lipinski definition) is 2. The van der Waals surface area contributed by atoms with Gasteiger partial charge < -0.3 is 15.7 Å². The zero-order valence-electron chi connectivity index (χ0n) is 11.2. The summed E-state index contributed by atoms with van der Waals surface area (Å²) in [5.41, 5.74) is 6.31. The van der Waals surface area contributed by atoms with E-state index >= 15 is 0 Å². The number of likely N-dealkylation sites (N-methyl/N-ethyl adjacent to an activating group) is 1. The summed E-state index contributed by atoms with van der Waals surface area (Å²) in [7, 11) is 1.61. The molecule has 0 spiro atoms. The molecule has 0 aliphatic carbocycles. The summed E-state index contributed by atoms with van der Waals surface area (Å²) in [5.74, 6) is -1.14. The Labute approximate surface area is 115 Å². The summed E-state index contributed by atoms with van der Waals surface area (Å²) in [6.07, 6.45) is 0. The number of carbonyl (C=O) groups is 2. The maximum absolute atomic E-state index is 11.6. The minimum absolute atomic E-state index is 0.329. The number of aromatic nitrogens is 1. The number of anilines is 1. The first-order chi connectivity index (χ1) is 9.41. The van der Waals surface area contributed by atoms with Gasteiger partial charge in [0.25, 0.3) is 0 Å². The zero-order valence-corrected chi connectivity index (χ0v) is 11.2. The smallest absolute Gasteiger partial charge is 0.326 e. The quantitative estimate of drug-likeness (QED) is 0.873. The summed E-state index contributed by atoms with van der Waals surface area (Å²) in [5, 5.41) is 9.70. The standard InChI is InChI=1S/C14H15N3O3/c1-8(14(19)20)17(2)12-7-10(13(15)18)9-5-3-4-6-11(9)16-12/h3-8H,1-2H3,(H2,15,18)(H,19,20). The topological polar surface area (TPSA) is 96.5 Å². The number of carboxylic acid groups (broad SMARTS) is 1. The summed E-state index contributed by atoms with van der Waals surface area (Å²) in [6, 6.07) is 7.86. The van der Waals surface area contributed by atoms with Gasteiger partial charge in [-0.1, -0.05) is 18.2 Å². The molecule has 1 unspecified atom stereocenters. The second-order valence-electron chi connectivity index (χ2n) is 4.53. The highest BCUT2D eigenvalue weighted by molar-refractivity contribution is 6.06. The van der Waals surface area contributed by atoms with Crippen LogP contribution in [0.5, 0.6) is 0 Å². The number of nitrogens with two attached hydrogens (primary N) is 1. The zero-order chi connectivity index (χ0) is 14.9. The molecule has 0 saturated heterocycles. The highest BCUT2D eigenvalue weighted by Crippen LogP contribution is 2.23. The first-order valence-corrected chi connectivity index (χ1v) is 6.07. The number of aliphatic carboxylic acids is 1. The van der Waals surface area contributed by atoms with Gasteiger partial charge in [-0.2, -0.15) is 0 Å². The van der Waals surface area contributed by atoms with Crippen molar-refractivity contribution in [1.29, 1.82) is 0 Å². The molecule has 1 aromatic carbocycles. The van der Waals surface area contributed by atoms with Crippen LogP contribution in [0.15, 0.2) is 30.3 Å². The molecule has 0 fully saturated rings. The van der Waals surface area contributed by atoms with Crippen LogP contribution in [0.4, 0.5) is 5.82 Å². The molecule has 0 saturated carbocycles. The Morgan fingerprint density at radius 2 is 2.00 bits per heavy atom.